The average Bonchev–Trinajstić information content (AvgIpc) is 2.79. The summed E-state index contributed by atoms with van der Waals surface area (Å²) < 4.78 is 26.7. The molecule has 2 rings (SSSR count). The fourth-order valence-corrected chi connectivity index (χ4v) is 2.66. The molecule has 17 heavy (non-hydrogen) atoms. The summed E-state index contributed by atoms with van der Waals surface area (Å²) in [7, 11) is 0. The Balaban J connectivity index is 2.38. The van der Waals surface area contributed by atoms with Gasteiger partial charge in [0.25, 0.3) is 0 Å². The van der Waals surface area contributed by atoms with Crippen LogP contribution in [0.2, 0.25) is 0 Å². The third-order valence-electron chi connectivity index (χ3n) is 3.85. The Kier molecular flexibility index (Phi) is 2.68. The number of nitrogens with one attached hydrogen (secondary N) is 1. The lowest BCUT2D eigenvalue weighted by atomic mass is 9.87. The molecule has 1 saturated carbocycles. The lowest BCUT2D eigenvalue weighted by molar-refractivity contribution is -0.109. The molecule has 1 amide bonds. The van der Waals surface area contributed by atoms with Gasteiger partial charge in [-0.15, -0.1) is 0 Å². The molecule has 1 atom stereocenters. The largest absolute Gasteiger partial charge is 0.358 e. The minimum Gasteiger partial charge on any atom is -0.358 e. The maximum absolute atomic E-state index is 13.8. The van der Waals surface area contributed by atoms with E-state index in [1.54, 1.807) is 0 Å². The van der Waals surface area contributed by atoms with Gasteiger partial charge in [-0.25, -0.2) is 8.78 Å². The Morgan fingerprint density at radius 2 is 2.06 bits per heavy atom. The van der Waals surface area contributed by atoms with Crippen molar-refractivity contribution < 1.29 is 13.6 Å². The van der Waals surface area contributed by atoms with Crippen molar-refractivity contribution in [1.29, 1.82) is 0 Å². The molecule has 0 saturated heterocycles. The van der Waals surface area contributed by atoms with Crippen LogP contribution in [0.1, 0.15) is 25.8 Å². The van der Waals surface area contributed by atoms with Crippen LogP contribution in [0.25, 0.3) is 0 Å². The minimum absolute atomic E-state index is 0.0817. The molecule has 92 valence electrons. The molecule has 1 aliphatic carbocycles. The van der Waals surface area contributed by atoms with E-state index in [0.29, 0.717) is 18.5 Å². The summed E-state index contributed by atoms with van der Waals surface area (Å²) in [6, 6.07) is 3.63. The molecule has 0 spiro atoms. The second kappa shape index (κ2) is 3.79. The summed E-state index contributed by atoms with van der Waals surface area (Å²) >= 11 is 0. The average molecular weight is 239 g/mol. The van der Waals surface area contributed by atoms with Crippen molar-refractivity contribution in [2.24, 2.45) is 5.41 Å². The van der Waals surface area contributed by atoms with E-state index < -0.39 is 17.0 Å². The molecule has 1 fully saturated rings. The van der Waals surface area contributed by atoms with E-state index >= 15 is 0 Å². The number of hydrogen-bond acceptors (Lipinski definition) is 1. The second-order valence-corrected chi connectivity index (χ2v) is 5.27. The highest BCUT2D eigenvalue weighted by Crippen LogP contribution is 2.64. The number of benzene rings is 1. The summed E-state index contributed by atoms with van der Waals surface area (Å²) in [4.78, 5) is 10.4. The highest BCUT2D eigenvalue weighted by molar-refractivity contribution is 5.48. The van der Waals surface area contributed by atoms with Gasteiger partial charge in [0.2, 0.25) is 6.41 Å². The highest BCUT2D eigenvalue weighted by Gasteiger charge is 2.62. The molecule has 1 N–H and O–H groups in total. The van der Waals surface area contributed by atoms with Crippen LogP contribution in [0.3, 0.4) is 0 Å². The lowest BCUT2D eigenvalue weighted by Gasteiger charge is -2.21. The number of carbonyl (C=O) groups excluding carboxylic acids is 1. The fraction of sp³-hybridized carbons (Fsp3) is 0.462. The van der Waals surface area contributed by atoms with Crippen LogP contribution in [-0.4, -0.2) is 13.0 Å². The molecule has 1 aromatic rings. The maximum Gasteiger partial charge on any atom is 0.207 e. The first kappa shape index (κ1) is 12.0. The Morgan fingerprint density at radius 1 is 1.41 bits per heavy atom. The number of halogens is 2. The third kappa shape index (κ3) is 1.81. The van der Waals surface area contributed by atoms with Gasteiger partial charge < -0.3 is 5.32 Å². The maximum atomic E-state index is 13.8. The van der Waals surface area contributed by atoms with E-state index in [2.05, 4.69) is 5.32 Å². The summed E-state index contributed by atoms with van der Waals surface area (Å²) in [6.07, 6.45) is 1.39. The van der Waals surface area contributed by atoms with Crippen molar-refractivity contribution in [2.75, 3.05) is 6.54 Å². The van der Waals surface area contributed by atoms with Gasteiger partial charge in [0.05, 0.1) is 0 Å². The smallest absolute Gasteiger partial charge is 0.207 e. The Morgan fingerprint density at radius 3 is 2.53 bits per heavy atom. The minimum atomic E-state index is -0.580. The molecule has 0 heterocycles. The van der Waals surface area contributed by atoms with Crippen LogP contribution in [0.5, 0.6) is 0 Å². The standard InChI is InChI=1S/C13H15F2NO/c1-12(2)6-13(12,7-16-8-17)10-4-3-9(14)5-11(10)15/h3-5,8H,6-7H2,1-2H3,(H,16,17). The summed E-state index contributed by atoms with van der Waals surface area (Å²) in [5.74, 6) is -1.12. The van der Waals surface area contributed by atoms with Crippen LogP contribution in [-0.2, 0) is 10.2 Å². The van der Waals surface area contributed by atoms with Gasteiger partial charge in [0.1, 0.15) is 11.6 Å². The van der Waals surface area contributed by atoms with Gasteiger partial charge in [0.15, 0.2) is 0 Å². The highest BCUT2D eigenvalue weighted by atomic mass is 19.1. The van der Waals surface area contributed by atoms with E-state index in [1.807, 2.05) is 13.8 Å². The van der Waals surface area contributed by atoms with Gasteiger partial charge in [-0.3, -0.25) is 4.79 Å². The topological polar surface area (TPSA) is 29.1 Å². The summed E-state index contributed by atoms with van der Waals surface area (Å²) in [5.41, 5.74) is -0.00819. The van der Waals surface area contributed by atoms with Crippen molar-refractivity contribution in [1.82, 2.24) is 5.32 Å². The first-order chi connectivity index (χ1) is 7.93. The van der Waals surface area contributed by atoms with Crippen LogP contribution < -0.4 is 5.32 Å². The predicted molar refractivity (Wildman–Crippen MR) is 60.5 cm³/mol. The van der Waals surface area contributed by atoms with Gasteiger partial charge in [-0.1, -0.05) is 19.9 Å². The first-order valence-electron chi connectivity index (χ1n) is 5.55. The predicted octanol–water partition coefficient (Wildman–Crippen LogP) is 2.38. The Labute approximate surface area is 99.0 Å². The van der Waals surface area contributed by atoms with Gasteiger partial charge in [-0.05, 0) is 23.5 Å². The van der Waals surface area contributed by atoms with Gasteiger partial charge in [0, 0.05) is 18.0 Å². The van der Waals surface area contributed by atoms with Gasteiger partial charge in [-0.2, -0.15) is 0 Å². The zero-order valence-electron chi connectivity index (χ0n) is 9.89. The number of hydrogen-bond donors (Lipinski definition) is 1. The van der Waals surface area contributed by atoms with Crippen LogP contribution in [0.4, 0.5) is 8.78 Å². The van der Waals surface area contributed by atoms with Crippen LogP contribution >= 0.6 is 0 Å². The molecule has 2 nitrogen and oxygen atoms in total. The lowest BCUT2D eigenvalue weighted by Crippen LogP contribution is -2.30. The molecule has 0 bridgehead atoms. The monoisotopic (exact) mass is 239 g/mol. The third-order valence-corrected chi connectivity index (χ3v) is 3.85. The summed E-state index contributed by atoms with van der Waals surface area (Å²) in [6.45, 7) is 4.41. The number of amides is 1. The molecule has 1 aliphatic rings. The van der Waals surface area contributed by atoms with E-state index in [1.165, 1.54) is 12.1 Å². The quantitative estimate of drug-likeness (QED) is 0.803. The van der Waals surface area contributed by atoms with Crippen LogP contribution in [0.15, 0.2) is 18.2 Å². The zero-order valence-corrected chi connectivity index (χ0v) is 9.89. The molecular weight excluding hydrogens is 224 g/mol. The number of carbonyl (C=O) groups is 1. The van der Waals surface area contributed by atoms with Crippen molar-refractivity contribution in [3.63, 3.8) is 0 Å². The van der Waals surface area contributed by atoms with Crippen molar-refractivity contribution in [2.45, 2.75) is 25.7 Å². The SMILES string of the molecule is CC1(C)CC1(CNC=O)c1ccc(F)cc1F. The van der Waals surface area contributed by atoms with E-state index in [-0.39, 0.29) is 5.41 Å². The molecule has 4 heteroatoms. The molecule has 0 aliphatic heterocycles. The molecular formula is C13H15F2NO. The van der Waals surface area contributed by atoms with Crippen LogP contribution in [0, 0.1) is 17.0 Å². The molecule has 0 aromatic heterocycles. The van der Waals surface area contributed by atoms with E-state index in [0.717, 1.165) is 12.5 Å². The Bertz CT molecular complexity index is 459. The van der Waals surface area contributed by atoms with E-state index in [9.17, 15) is 13.6 Å². The van der Waals surface area contributed by atoms with Gasteiger partial charge >= 0.3 is 0 Å². The molecule has 0 radical (unpaired) electrons. The fourth-order valence-electron chi connectivity index (χ4n) is 2.66. The molecule has 1 unspecified atom stereocenters. The first-order valence-corrected chi connectivity index (χ1v) is 5.55. The van der Waals surface area contributed by atoms with Crippen molar-refractivity contribution >= 4 is 6.41 Å². The second-order valence-electron chi connectivity index (χ2n) is 5.27. The van der Waals surface area contributed by atoms with Crippen molar-refractivity contribution in [3.8, 4) is 0 Å². The molecule has 1 aromatic carbocycles. The summed E-state index contributed by atoms with van der Waals surface area (Å²) in [5, 5.41) is 2.61. The Hall–Kier alpha value is -1.45. The van der Waals surface area contributed by atoms with Crippen molar-refractivity contribution in [3.05, 3.63) is 35.4 Å². The zero-order chi connectivity index (χ0) is 12.7. The number of rotatable bonds is 4. The van der Waals surface area contributed by atoms with E-state index in [4.69, 9.17) is 0 Å². The normalized spacial score (nSPS) is 25.4.